The number of hydrogen-bond acceptors (Lipinski definition) is 4. The molecular formula is C18H28N2O4. The Hall–Kier alpha value is -2.24. The molecule has 1 N–H and O–H groups in total. The fraction of sp³-hybridized carbons (Fsp3) is 0.556. The lowest BCUT2D eigenvalue weighted by atomic mass is 10.1. The Morgan fingerprint density at radius 2 is 1.79 bits per heavy atom. The van der Waals surface area contributed by atoms with E-state index in [4.69, 9.17) is 9.47 Å². The van der Waals surface area contributed by atoms with Gasteiger partial charge in [-0.25, -0.2) is 0 Å². The zero-order valence-electron chi connectivity index (χ0n) is 15.2. The predicted molar refractivity (Wildman–Crippen MR) is 93.4 cm³/mol. The van der Waals surface area contributed by atoms with Gasteiger partial charge in [0.15, 0.2) is 11.5 Å². The van der Waals surface area contributed by atoms with E-state index in [1.807, 2.05) is 32.0 Å². The van der Waals surface area contributed by atoms with Gasteiger partial charge >= 0.3 is 0 Å². The van der Waals surface area contributed by atoms with Crippen LogP contribution in [0.15, 0.2) is 18.2 Å². The molecule has 0 spiro atoms. The first-order chi connectivity index (χ1) is 11.4. The molecule has 1 aromatic carbocycles. The maximum absolute atomic E-state index is 11.8. The van der Waals surface area contributed by atoms with Crippen LogP contribution >= 0.6 is 0 Å². The van der Waals surface area contributed by atoms with Crippen molar-refractivity contribution in [2.45, 2.75) is 39.7 Å². The van der Waals surface area contributed by atoms with Crippen molar-refractivity contribution in [3.8, 4) is 11.5 Å². The van der Waals surface area contributed by atoms with Gasteiger partial charge in [0.05, 0.1) is 14.2 Å². The van der Waals surface area contributed by atoms with E-state index in [-0.39, 0.29) is 17.9 Å². The smallest absolute Gasteiger partial charge is 0.221 e. The highest BCUT2D eigenvalue weighted by Gasteiger charge is 2.12. The molecule has 134 valence electrons. The molecule has 0 radical (unpaired) electrons. The van der Waals surface area contributed by atoms with E-state index in [9.17, 15) is 9.59 Å². The molecule has 0 aromatic heterocycles. The number of nitrogens with zero attached hydrogens (tertiary/aromatic N) is 1. The largest absolute Gasteiger partial charge is 0.493 e. The molecule has 0 aliphatic heterocycles. The summed E-state index contributed by atoms with van der Waals surface area (Å²) in [6.45, 7) is 6.32. The summed E-state index contributed by atoms with van der Waals surface area (Å²) < 4.78 is 10.5. The monoisotopic (exact) mass is 336 g/mol. The first-order valence-electron chi connectivity index (χ1n) is 8.13. The van der Waals surface area contributed by atoms with Crippen LogP contribution in [0.3, 0.4) is 0 Å². The molecule has 1 aromatic rings. The number of ether oxygens (including phenoxy) is 2. The van der Waals surface area contributed by atoms with Gasteiger partial charge in [-0.2, -0.15) is 0 Å². The highest BCUT2D eigenvalue weighted by Crippen LogP contribution is 2.27. The molecule has 24 heavy (non-hydrogen) atoms. The van der Waals surface area contributed by atoms with Gasteiger partial charge < -0.3 is 19.7 Å². The van der Waals surface area contributed by atoms with E-state index < -0.39 is 0 Å². The van der Waals surface area contributed by atoms with E-state index in [1.165, 1.54) is 6.92 Å². The number of methoxy groups -OCH3 is 2. The molecule has 0 fully saturated rings. The lowest BCUT2D eigenvalue weighted by Gasteiger charge is -2.21. The molecule has 0 aliphatic carbocycles. The molecule has 0 saturated heterocycles. The molecule has 0 heterocycles. The van der Waals surface area contributed by atoms with Crippen molar-refractivity contribution in [3.63, 3.8) is 0 Å². The Morgan fingerprint density at radius 3 is 2.33 bits per heavy atom. The predicted octanol–water partition coefficient (Wildman–Crippen LogP) is 2.01. The van der Waals surface area contributed by atoms with Crippen LogP contribution in [0.4, 0.5) is 0 Å². The maximum atomic E-state index is 11.8. The number of carbonyl (C=O) groups excluding carboxylic acids is 2. The van der Waals surface area contributed by atoms with Crippen LogP contribution < -0.4 is 14.8 Å². The van der Waals surface area contributed by atoms with Crippen LogP contribution in [-0.2, 0) is 16.0 Å². The summed E-state index contributed by atoms with van der Waals surface area (Å²) >= 11 is 0. The van der Waals surface area contributed by atoms with Crippen LogP contribution in [0.1, 0.15) is 32.8 Å². The Morgan fingerprint density at radius 1 is 1.12 bits per heavy atom. The topological polar surface area (TPSA) is 67.9 Å². The Balaban J connectivity index is 2.60. The molecule has 0 atom stereocenters. The van der Waals surface area contributed by atoms with Crippen LogP contribution in [0.5, 0.6) is 11.5 Å². The highest BCUT2D eigenvalue weighted by molar-refractivity contribution is 5.78. The molecule has 1 rings (SSSR count). The van der Waals surface area contributed by atoms with Gasteiger partial charge in [0.25, 0.3) is 0 Å². The number of carbonyl (C=O) groups is 2. The second-order valence-electron chi connectivity index (χ2n) is 5.92. The van der Waals surface area contributed by atoms with E-state index in [1.54, 1.807) is 19.1 Å². The van der Waals surface area contributed by atoms with Crippen molar-refractivity contribution in [2.24, 2.45) is 0 Å². The summed E-state index contributed by atoms with van der Waals surface area (Å²) in [7, 11) is 3.19. The average Bonchev–Trinajstić information content (AvgIpc) is 2.53. The normalized spacial score (nSPS) is 10.4. The van der Waals surface area contributed by atoms with E-state index >= 15 is 0 Å². The van der Waals surface area contributed by atoms with Crippen molar-refractivity contribution in [1.29, 1.82) is 0 Å². The van der Waals surface area contributed by atoms with Crippen LogP contribution in [0.25, 0.3) is 0 Å². The van der Waals surface area contributed by atoms with Gasteiger partial charge in [-0.05, 0) is 38.0 Å². The molecule has 0 saturated carbocycles. The molecular weight excluding hydrogens is 308 g/mol. The summed E-state index contributed by atoms with van der Waals surface area (Å²) in [4.78, 5) is 25.2. The summed E-state index contributed by atoms with van der Waals surface area (Å²) in [5, 5.41) is 2.83. The third-order valence-electron chi connectivity index (χ3n) is 3.62. The average molecular weight is 336 g/mol. The van der Waals surface area contributed by atoms with Crippen molar-refractivity contribution < 1.29 is 19.1 Å². The van der Waals surface area contributed by atoms with Crippen molar-refractivity contribution in [2.75, 3.05) is 27.3 Å². The molecule has 2 amide bonds. The van der Waals surface area contributed by atoms with Crippen molar-refractivity contribution in [3.05, 3.63) is 23.8 Å². The molecule has 0 bridgehead atoms. The van der Waals surface area contributed by atoms with Gasteiger partial charge in [0.1, 0.15) is 0 Å². The summed E-state index contributed by atoms with van der Waals surface area (Å²) in [5.74, 6) is 1.27. The summed E-state index contributed by atoms with van der Waals surface area (Å²) in [5.41, 5.74) is 1.05. The van der Waals surface area contributed by atoms with Gasteiger partial charge in [0.2, 0.25) is 11.8 Å². The highest BCUT2D eigenvalue weighted by atomic mass is 16.5. The SMILES string of the molecule is COc1ccc(CCN(CCC(=O)NC(C)C)C(C)=O)cc1OC. The third-order valence-corrected chi connectivity index (χ3v) is 3.62. The minimum Gasteiger partial charge on any atom is -0.493 e. The third kappa shape index (κ3) is 6.48. The van der Waals surface area contributed by atoms with E-state index in [0.29, 0.717) is 37.4 Å². The summed E-state index contributed by atoms with van der Waals surface area (Å²) in [6, 6.07) is 5.81. The number of nitrogens with one attached hydrogen (secondary N) is 1. The molecule has 6 heteroatoms. The number of amides is 2. The zero-order chi connectivity index (χ0) is 18.1. The van der Waals surface area contributed by atoms with Crippen LogP contribution in [-0.4, -0.2) is 50.1 Å². The Kier molecular flexibility index (Phi) is 8.09. The van der Waals surface area contributed by atoms with Gasteiger partial charge in [-0.3, -0.25) is 9.59 Å². The van der Waals surface area contributed by atoms with Crippen molar-refractivity contribution in [1.82, 2.24) is 10.2 Å². The molecule has 0 unspecified atom stereocenters. The Labute approximate surface area is 144 Å². The lowest BCUT2D eigenvalue weighted by molar-refractivity contribution is -0.129. The van der Waals surface area contributed by atoms with E-state index in [2.05, 4.69) is 5.32 Å². The van der Waals surface area contributed by atoms with Gasteiger partial charge in [0, 0.05) is 32.5 Å². The second-order valence-corrected chi connectivity index (χ2v) is 5.92. The standard InChI is InChI=1S/C18H28N2O4/c1-13(2)19-18(22)9-11-20(14(3)21)10-8-15-6-7-16(23-4)17(12-15)24-5/h6-7,12-13H,8-11H2,1-5H3,(H,19,22). The van der Waals surface area contributed by atoms with Crippen LogP contribution in [0, 0.1) is 0 Å². The number of hydrogen-bond donors (Lipinski definition) is 1. The van der Waals surface area contributed by atoms with Crippen molar-refractivity contribution >= 4 is 11.8 Å². The minimum atomic E-state index is -0.0395. The summed E-state index contributed by atoms with van der Waals surface area (Å²) in [6.07, 6.45) is 0.995. The van der Waals surface area contributed by atoms with Crippen LogP contribution in [0.2, 0.25) is 0 Å². The zero-order valence-corrected chi connectivity index (χ0v) is 15.2. The quantitative estimate of drug-likeness (QED) is 0.749. The van der Waals surface area contributed by atoms with E-state index in [0.717, 1.165) is 5.56 Å². The lowest BCUT2D eigenvalue weighted by Crippen LogP contribution is -2.37. The minimum absolute atomic E-state index is 0.0344. The van der Waals surface area contributed by atoms with Gasteiger partial charge in [-0.1, -0.05) is 6.07 Å². The molecule has 6 nitrogen and oxygen atoms in total. The first-order valence-corrected chi connectivity index (χ1v) is 8.13. The molecule has 0 aliphatic rings. The van der Waals surface area contributed by atoms with Gasteiger partial charge in [-0.15, -0.1) is 0 Å². The maximum Gasteiger partial charge on any atom is 0.221 e. The Bertz CT molecular complexity index is 558. The fourth-order valence-corrected chi connectivity index (χ4v) is 2.36. The second kappa shape index (κ2) is 9.80. The first kappa shape index (κ1) is 19.8. The number of benzene rings is 1. The fourth-order valence-electron chi connectivity index (χ4n) is 2.36. The number of rotatable bonds is 9.